The zero-order valence-electron chi connectivity index (χ0n) is 15.8. The lowest BCUT2D eigenvalue weighted by Gasteiger charge is -2.21. The average Bonchev–Trinajstić information content (AvgIpc) is 2.71. The molecule has 0 unspecified atom stereocenters. The Morgan fingerprint density at radius 2 is 1.96 bits per heavy atom. The molecule has 0 spiro atoms. The van der Waals surface area contributed by atoms with Gasteiger partial charge in [-0.2, -0.15) is 0 Å². The fraction of sp³-hybridized carbons (Fsp3) is 0.318. The van der Waals surface area contributed by atoms with E-state index >= 15 is 0 Å². The fourth-order valence-corrected chi connectivity index (χ4v) is 3.00. The highest BCUT2D eigenvalue weighted by atomic mass is 16.6. The third-order valence-electron chi connectivity index (χ3n) is 4.29. The summed E-state index contributed by atoms with van der Waals surface area (Å²) in [6.07, 6.45) is 4.30. The van der Waals surface area contributed by atoms with Crippen LogP contribution >= 0.6 is 0 Å². The van der Waals surface area contributed by atoms with Crippen LogP contribution in [0.5, 0.6) is 17.2 Å². The minimum absolute atomic E-state index is 0.0189. The quantitative estimate of drug-likeness (QED) is 0.696. The molecule has 5 heteroatoms. The summed E-state index contributed by atoms with van der Waals surface area (Å²) < 4.78 is 16.6. The highest BCUT2D eigenvalue weighted by molar-refractivity contribution is 5.92. The Kier molecular flexibility index (Phi) is 6.36. The molecule has 0 saturated carbocycles. The molecule has 27 heavy (non-hydrogen) atoms. The monoisotopic (exact) mass is 367 g/mol. The third-order valence-corrected chi connectivity index (χ3v) is 4.29. The number of fused-ring (bicyclic) bond motifs is 1. The molecule has 1 amide bonds. The van der Waals surface area contributed by atoms with E-state index in [0.717, 1.165) is 17.5 Å². The molecule has 142 valence electrons. The van der Waals surface area contributed by atoms with Crippen molar-refractivity contribution >= 4 is 12.0 Å². The molecule has 0 fully saturated rings. The fourth-order valence-electron chi connectivity index (χ4n) is 3.00. The standard InChI is InChI=1S/C22H25NO4/c1-3-11-23(16-17-7-5-4-6-8-17)21(24)10-9-18-14-19(25-2)22-20(15-18)26-12-13-27-22/h4-10,14-15H,3,11-13,16H2,1-2H3/b10-9+. The van der Waals surface area contributed by atoms with Crippen LogP contribution in [-0.2, 0) is 11.3 Å². The number of hydrogen-bond acceptors (Lipinski definition) is 4. The Balaban J connectivity index is 1.76. The molecule has 0 bridgehead atoms. The maximum atomic E-state index is 12.7. The van der Waals surface area contributed by atoms with Crippen LogP contribution in [0.2, 0.25) is 0 Å². The lowest BCUT2D eigenvalue weighted by Crippen LogP contribution is -2.29. The molecule has 0 aliphatic carbocycles. The second kappa shape index (κ2) is 9.12. The van der Waals surface area contributed by atoms with Crippen LogP contribution in [0.25, 0.3) is 6.08 Å². The Labute approximate surface area is 160 Å². The predicted molar refractivity (Wildman–Crippen MR) is 105 cm³/mol. The van der Waals surface area contributed by atoms with Crippen molar-refractivity contribution in [3.63, 3.8) is 0 Å². The zero-order valence-corrected chi connectivity index (χ0v) is 15.8. The van der Waals surface area contributed by atoms with E-state index in [1.807, 2.05) is 47.4 Å². The Morgan fingerprint density at radius 3 is 2.70 bits per heavy atom. The number of ether oxygens (including phenoxy) is 3. The average molecular weight is 367 g/mol. The second-order valence-corrected chi connectivity index (χ2v) is 6.33. The minimum atomic E-state index is -0.0189. The summed E-state index contributed by atoms with van der Waals surface area (Å²) in [7, 11) is 1.59. The zero-order chi connectivity index (χ0) is 19.1. The van der Waals surface area contributed by atoms with Crippen molar-refractivity contribution in [2.75, 3.05) is 26.9 Å². The third kappa shape index (κ3) is 4.82. The molecule has 0 N–H and O–H groups in total. The van der Waals surface area contributed by atoms with Gasteiger partial charge in [0.1, 0.15) is 13.2 Å². The van der Waals surface area contributed by atoms with Crippen molar-refractivity contribution in [1.29, 1.82) is 0 Å². The Morgan fingerprint density at radius 1 is 1.19 bits per heavy atom. The molecule has 0 saturated heterocycles. The minimum Gasteiger partial charge on any atom is -0.493 e. The molecule has 3 rings (SSSR count). The van der Waals surface area contributed by atoms with Crippen LogP contribution in [0.3, 0.4) is 0 Å². The highest BCUT2D eigenvalue weighted by Gasteiger charge is 2.18. The molecule has 1 aliphatic heterocycles. The first kappa shape index (κ1) is 18.8. The van der Waals surface area contributed by atoms with E-state index in [4.69, 9.17) is 14.2 Å². The number of carbonyl (C=O) groups excluding carboxylic acids is 1. The molecular weight excluding hydrogens is 342 g/mol. The van der Waals surface area contributed by atoms with Gasteiger partial charge in [-0.3, -0.25) is 4.79 Å². The Bertz CT molecular complexity index is 784. The van der Waals surface area contributed by atoms with Gasteiger partial charge in [-0.05, 0) is 35.8 Å². The maximum absolute atomic E-state index is 12.7. The summed E-state index contributed by atoms with van der Waals surface area (Å²) >= 11 is 0. The van der Waals surface area contributed by atoms with E-state index in [0.29, 0.717) is 43.6 Å². The van der Waals surface area contributed by atoms with Gasteiger partial charge < -0.3 is 19.1 Å². The first-order chi connectivity index (χ1) is 13.2. The summed E-state index contributed by atoms with van der Waals surface area (Å²) in [5.41, 5.74) is 1.95. The van der Waals surface area contributed by atoms with Gasteiger partial charge in [-0.25, -0.2) is 0 Å². The highest BCUT2D eigenvalue weighted by Crippen LogP contribution is 2.40. The largest absolute Gasteiger partial charge is 0.493 e. The van der Waals surface area contributed by atoms with E-state index in [1.54, 1.807) is 19.3 Å². The summed E-state index contributed by atoms with van der Waals surface area (Å²) in [5.74, 6) is 1.84. The van der Waals surface area contributed by atoms with E-state index < -0.39 is 0 Å². The second-order valence-electron chi connectivity index (χ2n) is 6.33. The summed E-state index contributed by atoms with van der Waals surface area (Å²) in [4.78, 5) is 14.6. The SMILES string of the molecule is CCCN(Cc1ccccc1)C(=O)/C=C/c1cc(OC)c2c(c1)OCCO2. The molecule has 1 heterocycles. The van der Waals surface area contributed by atoms with Gasteiger partial charge in [0.05, 0.1) is 7.11 Å². The Hall–Kier alpha value is -2.95. The number of nitrogens with zero attached hydrogens (tertiary/aromatic N) is 1. The van der Waals surface area contributed by atoms with E-state index in [-0.39, 0.29) is 5.91 Å². The van der Waals surface area contributed by atoms with E-state index in [2.05, 4.69) is 6.92 Å². The lowest BCUT2D eigenvalue weighted by molar-refractivity contribution is -0.126. The summed E-state index contributed by atoms with van der Waals surface area (Å²) in [5, 5.41) is 0. The maximum Gasteiger partial charge on any atom is 0.246 e. The smallest absolute Gasteiger partial charge is 0.246 e. The normalized spacial score (nSPS) is 12.8. The van der Waals surface area contributed by atoms with Gasteiger partial charge in [0.2, 0.25) is 11.7 Å². The van der Waals surface area contributed by atoms with Crippen molar-refractivity contribution in [2.24, 2.45) is 0 Å². The first-order valence-electron chi connectivity index (χ1n) is 9.19. The van der Waals surface area contributed by atoms with Gasteiger partial charge >= 0.3 is 0 Å². The lowest BCUT2D eigenvalue weighted by atomic mass is 10.1. The number of benzene rings is 2. The van der Waals surface area contributed by atoms with Crippen LogP contribution in [0.1, 0.15) is 24.5 Å². The van der Waals surface area contributed by atoms with E-state index in [1.165, 1.54) is 0 Å². The number of amides is 1. The first-order valence-corrected chi connectivity index (χ1v) is 9.19. The van der Waals surface area contributed by atoms with Crippen molar-refractivity contribution in [3.8, 4) is 17.2 Å². The van der Waals surface area contributed by atoms with Crippen LogP contribution in [0.15, 0.2) is 48.5 Å². The van der Waals surface area contributed by atoms with Crippen molar-refractivity contribution in [1.82, 2.24) is 4.90 Å². The van der Waals surface area contributed by atoms with Crippen molar-refractivity contribution < 1.29 is 19.0 Å². The van der Waals surface area contributed by atoms with Gasteiger partial charge in [0, 0.05) is 19.2 Å². The molecule has 0 aromatic heterocycles. The van der Waals surface area contributed by atoms with E-state index in [9.17, 15) is 4.79 Å². The molecule has 0 radical (unpaired) electrons. The molecule has 0 atom stereocenters. The number of carbonyl (C=O) groups is 1. The predicted octanol–water partition coefficient (Wildman–Crippen LogP) is 3.92. The number of hydrogen-bond donors (Lipinski definition) is 0. The summed E-state index contributed by atoms with van der Waals surface area (Å²) in [6, 6.07) is 13.7. The van der Waals surface area contributed by atoms with Gasteiger partial charge in [0.25, 0.3) is 0 Å². The van der Waals surface area contributed by atoms with Gasteiger partial charge in [0.15, 0.2) is 11.5 Å². The molecule has 1 aliphatic rings. The number of methoxy groups -OCH3 is 1. The van der Waals surface area contributed by atoms with Crippen LogP contribution in [0.4, 0.5) is 0 Å². The molecule has 5 nitrogen and oxygen atoms in total. The molecule has 2 aromatic rings. The van der Waals surface area contributed by atoms with Gasteiger partial charge in [-0.15, -0.1) is 0 Å². The van der Waals surface area contributed by atoms with Crippen molar-refractivity contribution in [3.05, 3.63) is 59.7 Å². The molecular formula is C22H25NO4. The topological polar surface area (TPSA) is 48.0 Å². The number of rotatable bonds is 7. The van der Waals surface area contributed by atoms with Crippen LogP contribution in [0, 0.1) is 0 Å². The van der Waals surface area contributed by atoms with Crippen LogP contribution in [-0.4, -0.2) is 37.7 Å². The molecule has 2 aromatic carbocycles. The van der Waals surface area contributed by atoms with Gasteiger partial charge in [-0.1, -0.05) is 37.3 Å². The van der Waals surface area contributed by atoms with Crippen molar-refractivity contribution in [2.45, 2.75) is 19.9 Å². The summed E-state index contributed by atoms with van der Waals surface area (Å²) in [6.45, 7) is 4.39. The van der Waals surface area contributed by atoms with Crippen LogP contribution < -0.4 is 14.2 Å².